The molecule has 0 aliphatic carbocycles. The zero-order valence-corrected chi connectivity index (χ0v) is 11.1. The van der Waals surface area contributed by atoms with Crippen LogP contribution in [0.2, 0.25) is 0 Å². The van der Waals surface area contributed by atoms with Gasteiger partial charge in [-0.15, -0.1) is 0 Å². The van der Waals surface area contributed by atoms with E-state index in [0.717, 1.165) is 4.90 Å². The molecule has 1 N–H and O–H groups in total. The Balaban J connectivity index is 2.86. The molecule has 1 heterocycles. The molecule has 1 aliphatic rings. The number of hydrogen-bond acceptors (Lipinski definition) is 4. The molecule has 0 aromatic rings. The van der Waals surface area contributed by atoms with Gasteiger partial charge in [-0.2, -0.15) is 0 Å². The lowest BCUT2D eigenvalue weighted by molar-refractivity contribution is -0.128. The minimum absolute atomic E-state index is 0.00367. The Labute approximate surface area is 102 Å². The lowest BCUT2D eigenvalue weighted by atomic mass is 10.00. The zero-order valence-electron chi connectivity index (χ0n) is 11.1. The fourth-order valence-corrected chi connectivity index (χ4v) is 2.01. The summed E-state index contributed by atoms with van der Waals surface area (Å²) in [4.78, 5) is 24.7. The number of amides is 2. The number of carbonyl (C=O) groups excluding carboxylic acids is 2. The van der Waals surface area contributed by atoms with Crippen LogP contribution in [0.3, 0.4) is 0 Å². The molecule has 0 saturated carbocycles. The number of ether oxygens (including phenoxy) is 1. The van der Waals surface area contributed by atoms with Crippen molar-refractivity contribution in [3.63, 3.8) is 0 Å². The van der Waals surface area contributed by atoms with E-state index in [1.165, 1.54) is 0 Å². The molecule has 0 spiro atoms. The van der Waals surface area contributed by atoms with Gasteiger partial charge in [0.25, 0.3) is 0 Å². The van der Waals surface area contributed by atoms with Gasteiger partial charge in [0.05, 0.1) is 18.6 Å². The molecule has 2 atom stereocenters. The molecule has 0 aromatic carbocycles. The van der Waals surface area contributed by atoms with Crippen molar-refractivity contribution in [3.05, 3.63) is 0 Å². The van der Waals surface area contributed by atoms with Crippen molar-refractivity contribution in [3.8, 4) is 0 Å². The highest BCUT2D eigenvalue weighted by atomic mass is 16.6. The first kappa shape index (κ1) is 14.0. The summed E-state index contributed by atoms with van der Waals surface area (Å²) in [6.07, 6.45) is -1.48. The lowest BCUT2D eigenvalue weighted by Crippen LogP contribution is -2.46. The second-order valence-electron chi connectivity index (χ2n) is 5.75. The minimum atomic E-state index is -0.796. The van der Waals surface area contributed by atoms with Crippen LogP contribution in [-0.2, 0) is 9.53 Å². The first-order chi connectivity index (χ1) is 7.63. The number of likely N-dealkylation sites (tertiary alicyclic amines) is 1. The fraction of sp³-hybridized carbons (Fsp3) is 0.833. The zero-order chi connectivity index (χ0) is 13.4. The number of hydrogen-bond donors (Lipinski definition) is 1. The van der Waals surface area contributed by atoms with Crippen LogP contribution in [-0.4, -0.2) is 39.8 Å². The van der Waals surface area contributed by atoms with Crippen LogP contribution >= 0.6 is 0 Å². The molecular formula is C12H21NO4. The van der Waals surface area contributed by atoms with Gasteiger partial charge in [-0.3, -0.25) is 4.79 Å². The predicted molar refractivity (Wildman–Crippen MR) is 62.3 cm³/mol. The summed E-state index contributed by atoms with van der Waals surface area (Å²) in [5.74, 6) is -0.366. The third-order valence-corrected chi connectivity index (χ3v) is 2.62. The van der Waals surface area contributed by atoms with E-state index in [9.17, 15) is 14.7 Å². The number of aliphatic hydroxyl groups is 1. The van der Waals surface area contributed by atoms with E-state index in [0.29, 0.717) is 0 Å². The van der Waals surface area contributed by atoms with Crippen molar-refractivity contribution in [1.29, 1.82) is 0 Å². The quantitative estimate of drug-likeness (QED) is 0.758. The molecule has 1 rings (SSSR count). The maximum Gasteiger partial charge on any atom is 0.417 e. The van der Waals surface area contributed by atoms with Gasteiger partial charge >= 0.3 is 6.09 Å². The van der Waals surface area contributed by atoms with Crippen molar-refractivity contribution < 1.29 is 19.4 Å². The third-order valence-electron chi connectivity index (χ3n) is 2.62. The predicted octanol–water partition coefficient (Wildman–Crippen LogP) is 1.54. The lowest BCUT2D eigenvalue weighted by Gasteiger charge is -2.30. The number of nitrogens with zero attached hydrogens (tertiary/aromatic N) is 1. The Bertz CT molecular complexity index is 319. The van der Waals surface area contributed by atoms with Crippen LogP contribution in [0.5, 0.6) is 0 Å². The second-order valence-corrected chi connectivity index (χ2v) is 5.75. The maximum atomic E-state index is 11.9. The van der Waals surface area contributed by atoms with Gasteiger partial charge in [0.1, 0.15) is 5.60 Å². The van der Waals surface area contributed by atoms with Gasteiger partial charge in [0.15, 0.2) is 0 Å². The van der Waals surface area contributed by atoms with Crippen LogP contribution in [0.25, 0.3) is 0 Å². The first-order valence-electron chi connectivity index (χ1n) is 5.86. The smallest absolute Gasteiger partial charge is 0.417 e. The molecule has 98 valence electrons. The molecule has 5 heteroatoms. The van der Waals surface area contributed by atoms with Crippen molar-refractivity contribution in [2.24, 2.45) is 5.92 Å². The summed E-state index contributed by atoms with van der Waals surface area (Å²) in [6, 6.07) is -0.489. The molecule has 17 heavy (non-hydrogen) atoms. The Hall–Kier alpha value is -1.10. The number of rotatable bonds is 1. The van der Waals surface area contributed by atoms with Crippen LogP contribution in [0.15, 0.2) is 0 Å². The molecule has 1 fully saturated rings. The highest BCUT2D eigenvalue weighted by molar-refractivity contribution is 5.94. The average molecular weight is 243 g/mol. The van der Waals surface area contributed by atoms with Crippen molar-refractivity contribution in [1.82, 2.24) is 4.90 Å². The van der Waals surface area contributed by atoms with Crippen LogP contribution < -0.4 is 0 Å². The van der Waals surface area contributed by atoms with E-state index in [1.807, 2.05) is 13.8 Å². The molecule has 1 aliphatic heterocycles. The van der Waals surface area contributed by atoms with Crippen LogP contribution in [0.1, 0.15) is 41.0 Å². The number of aliphatic hydroxyl groups excluding tert-OH is 1. The van der Waals surface area contributed by atoms with E-state index in [2.05, 4.69) is 0 Å². The van der Waals surface area contributed by atoms with Crippen LogP contribution in [0.4, 0.5) is 4.79 Å². The highest BCUT2D eigenvalue weighted by Gasteiger charge is 2.45. The summed E-state index contributed by atoms with van der Waals surface area (Å²) in [5, 5.41) is 9.78. The summed E-state index contributed by atoms with van der Waals surface area (Å²) in [5.41, 5.74) is -0.646. The summed E-state index contributed by atoms with van der Waals surface area (Å²) in [6.45, 7) is 8.96. The summed E-state index contributed by atoms with van der Waals surface area (Å²) in [7, 11) is 0. The molecule has 0 bridgehead atoms. The standard InChI is InChI=1S/C12H21NO4/c1-7(2)10-8(14)6-9(15)13(10)11(16)17-12(3,4)5/h7-8,10,14H,6H2,1-5H3/t8-,10+/m1/s1. The summed E-state index contributed by atoms with van der Waals surface area (Å²) >= 11 is 0. The first-order valence-corrected chi connectivity index (χ1v) is 5.86. The van der Waals surface area contributed by atoms with Gasteiger partial charge < -0.3 is 9.84 Å². The van der Waals surface area contributed by atoms with E-state index >= 15 is 0 Å². The highest BCUT2D eigenvalue weighted by Crippen LogP contribution is 2.27. The van der Waals surface area contributed by atoms with Crippen LogP contribution in [0, 0.1) is 5.92 Å². The SMILES string of the molecule is CC(C)[C@H]1[C@H](O)CC(=O)N1C(=O)OC(C)(C)C. The third kappa shape index (κ3) is 3.19. The molecule has 0 aromatic heterocycles. The Morgan fingerprint density at radius 1 is 1.47 bits per heavy atom. The summed E-state index contributed by atoms with van der Waals surface area (Å²) < 4.78 is 5.18. The Morgan fingerprint density at radius 2 is 2.00 bits per heavy atom. The molecule has 5 nitrogen and oxygen atoms in total. The monoisotopic (exact) mass is 243 g/mol. The van der Waals surface area contributed by atoms with E-state index < -0.39 is 23.8 Å². The largest absolute Gasteiger partial charge is 0.443 e. The van der Waals surface area contributed by atoms with Crippen molar-refractivity contribution in [2.45, 2.75) is 58.8 Å². The van der Waals surface area contributed by atoms with E-state index in [-0.39, 0.29) is 18.2 Å². The Morgan fingerprint density at radius 3 is 2.41 bits per heavy atom. The number of imide groups is 1. The number of carbonyl (C=O) groups is 2. The second kappa shape index (κ2) is 4.64. The van der Waals surface area contributed by atoms with E-state index in [4.69, 9.17) is 4.74 Å². The Kier molecular flexibility index (Phi) is 3.81. The average Bonchev–Trinajstić information content (AvgIpc) is 2.37. The minimum Gasteiger partial charge on any atom is -0.443 e. The van der Waals surface area contributed by atoms with Gasteiger partial charge in [-0.05, 0) is 26.7 Å². The van der Waals surface area contributed by atoms with E-state index in [1.54, 1.807) is 20.8 Å². The van der Waals surface area contributed by atoms with Gasteiger partial charge in [-0.25, -0.2) is 9.69 Å². The maximum absolute atomic E-state index is 11.9. The normalized spacial score (nSPS) is 25.6. The topological polar surface area (TPSA) is 66.8 Å². The molecule has 0 unspecified atom stereocenters. The fourth-order valence-electron chi connectivity index (χ4n) is 2.01. The molecule has 2 amide bonds. The van der Waals surface area contributed by atoms with Crippen molar-refractivity contribution >= 4 is 12.0 Å². The molecule has 0 radical (unpaired) electrons. The van der Waals surface area contributed by atoms with Gasteiger partial charge in [0, 0.05) is 0 Å². The van der Waals surface area contributed by atoms with Crippen molar-refractivity contribution in [2.75, 3.05) is 0 Å². The van der Waals surface area contributed by atoms with Gasteiger partial charge in [-0.1, -0.05) is 13.8 Å². The molecular weight excluding hydrogens is 222 g/mol. The molecule has 1 saturated heterocycles. The van der Waals surface area contributed by atoms with Gasteiger partial charge in [0.2, 0.25) is 5.91 Å².